The number of nitrogens with one attached hydrogen (secondary N) is 1. The molecule has 2 aromatic carbocycles. The molecule has 0 saturated heterocycles. The van der Waals surface area contributed by atoms with Crippen LogP contribution in [0.2, 0.25) is 0 Å². The van der Waals surface area contributed by atoms with Gasteiger partial charge in [-0.2, -0.15) is 0 Å². The Morgan fingerprint density at radius 3 is 2.38 bits per heavy atom. The number of likely N-dealkylation sites (N-methyl/N-ethyl adjacent to an activating group) is 1. The molecule has 0 bridgehead atoms. The highest BCUT2D eigenvalue weighted by atomic mass is 16.5. The Morgan fingerprint density at radius 1 is 1.12 bits per heavy atom. The highest BCUT2D eigenvalue weighted by Crippen LogP contribution is 2.45. The van der Waals surface area contributed by atoms with Gasteiger partial charge in [-0.25, -0.2) is 0 Å². The minimum absolute atomic E-state index is 0.0461. The monoisotopic (exact) mass is 324 g/mol. The summed E-state index contributed by atoms with van der Waals surface area (Å²) in [7, 11) is 3.52. The van der Waals surface area contributed by atoms with Crippen LogP contribution in [0, 0.1) is 0 Å². The van der Waals surface area contributed by atoms with E-state index in [-0.39, 0.29) is 11.4 Å². The minimum atomic E-state index is -0.0461. The second-order valence-electron chi connectivity index (χ2n) is 6.40. The highest BCUT2D eigenvalue weighted by Gasteiger charge is 2.44. The van der Waals surface area contributed by atoms with Crippen molar-refractivity contribution in [3.63, 3.8) is 0 Å². The van der Waals surface area contributed by atoms with Crippen LogP contribution in [0.4, 0.5) is 0 Å². The molecule has 0 aromatic heterocycles. The molecule has 0 spiro atoms. The second-order valence-corrected chi connectivity index (χ2v) is 6.40. The quantitative estimate of drug-likeness (QED) is 0.851. The lowest BCUT2D eigenvalue weighted by atomic mass is 10.0. The van der Waals surface area contributed by atoms with E-state index in [4.69, 9.17) is 4.74 Å². The van der Waals surface area contributed by atoms with Crippen LogP contribution in [-0.4, -0.2) is 31.5 Å². The molecule has 1 N–H and O–H groups in total. The van der Waals surface area contributed by atoms with E-state index in [1.54, 1.807) is 12.0 Å². The third kappa shape index (κ3) is 3.77. The highest BCUT2D eigenvalue weighted by molar-refractivity contribution is 5.78. The van der Waals surface area contributed by atoms with Crippen molar-refractivity contribution < 1.29 is 9.53 Å². The van der Waals surface area contributed by atoms with Crippen LogP contribution in [0.1, 0.15) is 24.0 Å². The lowest BCUT2D eigenvalue weighted by Gasteiger charge is -2.22. The van der Waals surface area contributed by atoms with E-state index in [2.05, 4.69) is 17.4 Å². The van der Waals surface area contributed by atoms with Gasteiger partial charge in [0.15, 0.2) is 0 Å². The van der Waals surface area contributed by atoms with Gasteiger partial charge in [-0.3, -0.25) is 10.1 Å². The first kappa shape index (κ1) is 16.5. The molecule has 1 fully saturated rings. The first-order chi connectivity index (χ1) is 11.6. The molecule has 1 saturated carbocycles. The van der Waals surface area contributed by atoms with Gasteiger partial charge < -0.3 is 9.64 Å². The largest absolute Gasteiger partial charge is 0.497 e. The van der Waals surface area contributed by atoms with Crippen molar-refractivity contribution >= 4 is 5.91 Å². The normalized spacial score (nSPS) is 14.9. The van der Waals surface area contributed by atoms with Crippen molar-refractivity contribution in [1.29, 1.82) is 0 Å². The van der Waals surface area contributed by atoms with E-state index in [0.29, 0.717) is 13.1 Å². The molecule has 1 aliphatic carbocycles. The van der Waals surface area contributed by atoms with Crippen LogP contribution in [0.15, 0.2) is 54.6 Å². The van der Waals surface area contributed by atoms with E-state index in [1.807, 2.05) is 49.5 Å². The van der Waals surface area contributed by atoms with Gasteiger partial charge in [0.1, 0.15) is 5.75 Å². The van der Waals surface area contributed by atoms with Crippen molar-refractivity contribution in [3.05, 3.63) is 65.7 Å². The Morgan fingerprint density at radius 2 is 1.79 bits per heavy atom. The number of carbonyl (C=O) groups excluding carboxylic acids is 1. The van der Waals surface area contributed by atoms with Crippen LogP contribution in [0.3, 0.4) is 0 Å². The van der Waals surface area contributed by atoms with E-state index in [0.717, 1.165) is 24.2 Å². The molecule has 3 rings (SSSR count). The van der Waals surface area contributed by atoms with E-state index in [1.165, 1.54) is 5.56 Å². The minimum Gasteiger partial charge on any atom is -0.497 e. The Labute approximate surface area is 143 Å². The van der Waals surface area contributed by atoms with Gasteiger partial charge in [0, 0.05) is 19.1 Å². The average molecular weight is 324 g/mol. The maximum atomic E-state index is 12.4. The Balaban J connectivity index is 1.55. The molecule has 0 aliphatic heterocycles. The van der Waals surface area contributed by atoms with Crippen LogP contribution in [0.25, 0.3) is 0 Å². The van der Waals surface area contributed by atoms with Gasteiger partial charge in [-0.15, -0.1) is 0 Å². The van der Waals surface area contributed by atoms with Crippen LogP contribution in [-0.2, 0) is 16.9 Å². The van der Waals surface area contributed by atoms with Crippen LogP contribution in [0.5, 0.6) is 5.75 Å². The number of benzene rings is 2. The molecular weight excluding hydrogens is 300 g/mol. The van der Waals surface area contributed by atoms with Crippen molar-refractivity contribution in [2.24, 2.45) is 0 Å². The standard InChI is InChI=1S/C20H24N2O2/c1-22(15-16-6-4-3-5-7-16)19(23)14-21-20(12-13-20)17-8-10-18(24-2)11-9-17/h3-11,21H,12-15H2,1-2H3. The fourth-order valence-corrected chi connectivity index (χ4v) is 2.93. The molecule has 4 nitrogen and oxygen atoms in total. The molecule has 126 valence electrons. The number of carbonyl (C=O) groups is 1. The Hall–Kier alpha value is -2.33. The summed E-state index contributed by atoms with van der Waals surface area (Å²) >= 11 is 0. The molecule has 0 unspecified atom stereocenters. The Kier molecular flexibility index (Phi) is 4.86. The van der Waals surface area contributed by atoms with Crippen molar-refractivity contribution in [2.45, 2.75) is 24.9 Å². The van der Waals surface area contributed by atoms with E-state index >= 15 is 0 Å². The fourth-order valence-electron chi connectivity index (χ4n) is 2.93. The summed E-state index contributed by atoms with van der Waals surface area (Å²) < 4.78 is 5.21. The van der Waals surface area contributed by atoms with Crippen molar-refractivity contribution in [1.82, 2.24) is 10.2 Å². The second kappa shape index (κ2) is 7.05. The lowest BCUT2D eigenvalue weighted by molar-refractivity contribution is -0.129. The third-order valence-corrected chi connectivity index (χ3v) is 4.66. The predicted molar refractivity (Wildman–Crippen MR) is 94.8 cm³/mol. The first-order valence-electron chi connectivity index (χ1n) is 8.30. The van der Waals surface area contributed by atoms with Gasteiger partial charge in [-0.05, 0) is 36.1 Å². The zero-order valence-electron chi connectivity index (χ0n) is 14.3. The maximum Gasteiger partial charge on any atom is 0.236 e. The summed E-state index contributed by atoms with van der Waals surface area (Å²) in [5.74, 6) is 0.965. The lowest BCUT2D eigenvalue weighted by Crippen LogP contribution is -2.40. The van der Waals surface area contributed by atoms with Gasteiger partial charge in [0.05, 0.1) is 13.7 Å². The Bertz CT molecular complexity index is 679. The van der Waals surface area contributed by atoms with Crippen molar-refractivity contribution in [2.75, 3.05) is 20.7 Å². The van der Waals surface area contributed by atoms with Crippen LogP contribution < -0.4 is 10.1 Å². The number of amides is 1. The van der Waals surface area contributed by atoms with Gasteiger partial charge in [-0.1, -0.05) is 42.5 Å². The summed E-state index contributed by atoms with van der Waals surface area (Å²) in [6.07, 6.45) is 2.13. The van der Waals surface area contributed by atoms with Gasteiger partial charge in [0.2, 0.25) is 5.91 Å². The fraction of sp³-hybridized carbons (Fsp3) is 0.350. The number of hydrogen-bond acceptors (Lipinski definition) is 3. The van der Waals surface area contributed by atoms with Gasteiger partial charge >= 0.3 is 0 Å². The summed E-state index contributed by atoms with van der Waals surface area (Å²) in [5, 5.41) is 3.46. The maximum absolute atomic E-state index is 12.4. The number of methoxy groups -OCH3 is 1. The third-order valence-electron chi connectivity index (χ3n) is 4.66. The molecule has 2 aromatic rings. The van der Waals surface area contributed by atoms with E-state index in [9.17, 15) is 4.79 Å². The molecule has 0 heterocycles. The molecule has 24 heavy (non-hydrogen) atoms. The smallest absolute Gasteiger partial charge is 0.236 e. The van der Waals surface area contributed by atoms with E-state index < -0.39 is 0 Å². The first-order valence-corrected chi connectivity index (χ1v) is 8.30. The number of hydrogen-bond donors (Lipinski definition) is 1. The van der Waals surface area contributed by atoms with Gasteiger partial charge in [0.25, 0.3) is 0 Å². The molecule has 0 radical (unpaired) electrons. The summed E-state index contributed by atoms with van der Waals surface area (Å²) in [4.78, 5) is 14.2. The summed E-state index contributed by atoms with van der Waals surface area (Å²) in [6.45, 7) is 0.992. The van der Waals surface area contributed by atoms with Crippen LogP contribution >= 0.6 is 0 Å². The molecule has 1 aliphatic rings. The molecular formula is C20H24N2O2. The van der Waals surface area contributed by atoms with Crippen molar-refractivity contribution in [3.8, 4) is 5.75 Å². The zero-order valence-corrected chi connectivity index (χ0v) is 14.3. The molecule has 4 heteroatoms. The number of ether oxygens (including phenoxy) is 1. The summed E-state index contributed by atoms with van der Waals surface area (Å²) in [6, 6.07) is 18.2. The molecule has 1 amide bonds. The predicted octanol–water partition coefficient (Wildman–Crippen LogP) is 2.93. The number of rotatable bonds is 7. The summed E-state index contributed by atoms with van der Waals surface area (Å²) in [5.41, 5.74) is 2.32. The average Bonchev–Trinajstić information content (AvgIpc) is 3.42. The topological polar surface area (TPSA) is 41.6 Å². The number of nitrogens with zero attached hydrogens (tertiary/aromatic N) is 1. The SMILES string of the molecule is COc1ccc(C2(NCC(=O)N(C)Cc3ccccc3)CC2)cc1. The molecule has 0 atom stereocenters. The zero-order chi connectivity index (χ0) is 17.0.